The molecule has 0 radical (unpaired) electrons. The molecule has 1 heterocycles. The van der Waals surface area contributed by atoms with Crippen LogP contribution in [0.4, 0.5) is 0 Å². The van der Waals surface area contributed by atoms with Crippen molar-refractivity contribution in [2.24, 2.45) is 5.92 Å². The van der Waals surface area contributed by atoms with E-state index in [0.29, 0.717) is 0 Å². The molecule has 12 heavy (non-hydrogen) atoms. The summed E-state index contributed by atoms with van der Waals surface area (Å²) in [5.74, 6) is 0.435. The zero-order valence-corrected chi connectivity index (χ0v) is 8.30. The molecule has 0 amide bonds. The maximum absolute atomic E-state index is 11.3. The minimum Gasteiger partial charge on any atom is -0.376 e. The maximum Gasteiger partial charge on any atom is 0.150 e. The Bertz CT molecular complexity index is 160. The van der Waals surface area contributed by atoms with E-state index < -0.39 is 0 Å². The molecule has 2 atom stereocenters. The van der Waals surface area contributed by atoms with Crippen LogP contribution in [0, 0.1) is 5.92 Å². The van der Waals surface area contributed by atoms with Crippen molar-refractivity contribution >= 4 is 17.4 Å². The average Bonchev–Trinajstić information content (AvgIpc) is 2.01. The molecule has 1 aliphatic rings. The van der Waals surface area contributed by atoms with Crippen molar-refractivity contribution in [1.82, 2.24) is 0 Å². The molecule has 0 spiro atoms. The molecule has 0 N–H and O–H groups in total. The van der Waals surface area contributed by atoms with E-state index >= 15 is 0 Å². The van der Waals surface area contributed by atoms with Gasteiger partial charge >= 0.3 is 0 Å². The highest BCUT2D eigenvalue weighted by molar-refractivity contribution is 6.27. The van der Waals surface area contributed by atoms with E-state index in [1.54, 1.807) is 0 Å². The fourth-order valence-electron chi connectivity index (χ4n) is 1.78. The van der Waals surface area contributed by atoms with Crippen molar-refractivity contribution < 1.29 is 9.53 Å². The zero-order valence-electron chi connectivity index (χ0n) is 7.55. The van der Waals surface area contributed by atoms with E-state index in [1.165, 1.54) is 0 Å². The first kappa shape index (κ1) is 10.0. The Labute approximate surface area is 78.2 Å². The molecule has 2 unspecified atom stereocenters. The topological polar surface area (TPSA) is 26.3 Å². The van der Waals surface area contributed by atoms with Crippen molar-refractivity contribution in [2.45, 2.75) is 38.9 Å². The van der Waals surface area contributed by atoms with Crippen LogP contribution in [-0.2, 0) is 9.53 Å². The summed E-state index contributed by atoms with van der Waals surface area (Å²) in [5, 5.41) is 0. The van der Waals surface area contributed by atoms with Crippen LogP contribution in [0.15, 0.2) is 0 Å². The Balaban J connectivity index is 2.49. The summed E-state index contributed by atoms with van der Waals surface area (Å²) < 4.78 is 5.52. The van der Waals surface area contributed by atoms with Crippen LogP contribution in [0.5, 0.6) is 0 Å². The third-order valence-corrected chi connectivity index (χ3v) is 2.55. The molecule has 3 heteroatoms. The summed E-state index contributed by atoms with van der Waals surface area (Å²) in [7, 11) is 0. The third kappa shape index (κ3) is 2.46. The minimum absolute atomic E-state index is 0.126. The number of carbonyl (C=O) groups is 1. The molecule has 1 saturated heterocycles. The van der Waals surface area contributed by atoms with Crippen LogP contribution in [-0.4, -0.2) is 23.9 Å². The third-order valence-electron chi connectivity index (χ3n) is 2.28. The second-order valence-corrected chi connectivity index (χ2v) is 3.79. The van der Waals surface area contributed by atoms with Crippen LogP contribution in [0.2, 0.25) is 0 Å². The van der Waals surface area contributed by atoms with E-state index in [0.717, 1.165) is 12.8 Å². The number of alkyl halides is 1. The molecular weight excluding hydrogens is 176 g/mol. The monoisotopic (exact) mass is 190 g/mol. The van der Waals surface area contributed by atoms with E-state index in [2.05, 4.69) is 0 Å². The SMILES string of the molecule is CC1CC(C(=O)CCl)CC(C)O1. The second kappa shape index (κ2) is 4.24. The standard InChI is InChI=1S/C9H15ClO2/c1-6-3-8(9(11)5-10)4-7(2)12-6/h6-8H,3-5H2,1-2H3. The summed E-state index contributed by atoms with van der Waals surface area (Å²) in [6.07, 6.45) is 2.06. The largest absolute Gasteiger partial charge is 0.376 e. The Hall–Kier alpha value is -0.0800. The highest BCUT2D eigenvalue weighted by Gasteiger charge is 2.28. The Kier molecular flexibility index (Phi) is 3.53. The van der Waals surface area contributed by atoms with Gasteiger partial charge in [0.05, 0.1) is 18.1 Å². The van der Waals surface area contributed by atoms with E-state index in [1.807, 2.05) is 13.8 Å². The highest BCUT2D eigenvalue weighted by Crippen LogP contribution is 2.25. The van der Waals surface area contributed by atoms with Crippen molar-refractivity contribution in [1.29, 1.82) is 0 Å². The predicted octanol–water partition coefficient (Wildman–Crippen LogP) is 2.00. The first-order chi connectivity index (χ1) is 5.63. The van der Waals surface area contributed by atoms with Gasteiger partial charge < -0.3 is 4.74 Å². The van der Waals surface area contributed by atoms with Crippen LogP contribution in [0.1, 0.15) is 26.7 Å². The maximum atomic E-state index is 11.3. The number of ether oxygens (including phenoxy) is 1. The van der Waals surface area contributed by atoms with Crippen LogP contribution < -0.4 is 0 Å². The molecule has 1 aliphatic heterocycles. The molecule has 1 rings (SSSR count). The van der Waals surface area contributed by atoms with Gasteiger partial charge in [0.15, 0.2) is 5.78 Å². The van der Waals surface area contributed by atoms with Crippen LogP contribution >= 0.6 is 11.6 Å². The second-order valence-electron chi connectivity index (χ2n) is 3.53. The van der Waals surface area contributed by atoms with Gasteiger partial charge in [0, 0.05) is 5.92 Å². The summed E-state index contributed by atoms with van der Waals surface area (Å²) in [4.78, 5) is 11.3. The summed E-state index contributed by atoms with van der Waals surface area (Å²) >= 11 is 5.49. The highest BCUT2D eigenvalue weighted by atomic mass is 35.5. The molecule has 0 aliphatic carbocycles. The van der Waals surface area contributed by atoms with Gasteiger partial charge in [-0.3, -0.25) is 4.79 Å². The average molecular weight is 191 g/mol. The van der Waals surface area contributed by atoms with Gasteiger partial charge in [0.1, 0.15) is 0 Å². The van der Waals surface area contributed by atoms with Gasteiger partial charge in [-0.05, 0) is 26.7 Å². The number of hydrogen-bond donors (Lipinski definition) is 0. The molecular formula is C9H15ClO2. The van der Waals surface area contributed by atoms with Crippen molar-refractivity contribution in [2.75, 3.05) is 5.88 Å². The number of halogens is 1. The molecule has 0 aromatic rings. The van der Waals surface area contributed by atoms with Gasteiger partial charge in [-0.1, -0.05) is 0 Å². The lowest BCUT2D eigenvalue weighted by molar-refractivity contribution is -0.128. The van der Waals surface area contributed by atoms with E-state index in [9.17, 15) is 4.79 Å². The molecule has 70 valence electrons. The Morgan fingerprint density at radius 2 is 1.92 bits per heavy atom. The molecule has 0 saturated carbocycles. The zero-order chi connectivity index (χ0) is 9.14. The van der Waals surface area contributed by atoms with Gasteiger partial charge in [0.25, 0.3) is 0 Å². The fourth-order valence-corrected chi connectivity index (χ4v) is 2.00. The van der Waals surface area contributed by atoms with Gasteiger partial charge in [-0.25, -0.2) is 0 Å². The van der Waals surface area contributed by atoms with Crippen molar-refractivity contribution in [3.05, 3.63) is 0 Å². The van der Waals surface area contributed by atoms with Gasteiger partial charge in [-0.2, -0.15) is 0 Å². The lowest BCUT2D eigenvalue weighted by Gasteiger charge is -2.30. The normalized spacial score (nSPS) is 36.4. The Morgan fingerprint density at radius 3 is 2.33 bits per heavy atom. The lowest BCUT2D eigenvalue weighted by atomic mass is 9.90. The van der Waals surface area contributed by atoms with Gasteiger partial charge in [0.2, 0.25) is 0 Å². The smallest absolute Gasteiger partial charge is 0.150 e. The van der Waals surface area contributed by atoms with E-state index in [4.69, 9.17) is 16.3 Å². The molecule has 1 fully saturated rings. The summed E-state index contributed by atoms with van der Waals surface area (Å²) in [6, 6.07) is 0. The Morgan fingerprint density at radius 1 is 1.42 bits per heavy atom. The van der Waals surface area contributed by atoms with E-state index in [-0.39, 0.29) is 29.8 Å². The first-order valence-corrected chi connectivity index (χ1v) is 4.91. The quantitative estimate of drug-likeness (QED) is 0.623. The molecule has 0 aromatic carbocycles. The molecule has 0 bridgehead atoms. The number of ketones is 1. The minimum atomic E-state index is 0.126. The molecule has 0 aromatic heterocycles. The van der Waals surface area contributed by atoms with Crippen molar-refractivity contribution in [3.8, 4) is 0 Å². The van der Waals surface area contributed by atoms with Crippen LogP contribution in [0.25, 0.3) is 0 Å². The van der Waals surface area contributed by atoms with Crippen molar-refractivity contribution in [3.63, 3.8) is 0 Å². The van der Waals surface area contributed by atoms with Crippen LogP contribution in [0.3, 0.4) is 0 Å². The molecule has 2 nitrogen and oxygen atoms in total. The number of rotatable bonds is 2. The predicted molar refractivity (Wildman–Crippen MR) is 48.5 cm³/mol. The summed E-state index contributed by atoms with van der Waals surface area (Å²) in [6.45, 7) is 4.01. The number of carbonyl (C=O) groups excluding carboxylic acids is 1. The lowest BCUT2D eigenvalue weighted by Crippen LogP contribution is -2.33. The van der Waals surface area contributed by atoms with Gasteiger partial charge in [-0.15, -0.1) is 11.6 Å². The first-order valence-electron chi connectivity index (χ1n) is 4.37. The fraction of sp³-hybridized carbons (Fsp3) is 0.889. The summed E-state index contributed by atoms with van der Waals surface area (Å²) in [5.41, 5.74) is 0. The number of hydrogen-bond acceptors (Lipinski definition) is 2. The number of Topliss-reactive ketones (excluding diaryl/α,β-unsaturated/α-hetero) is 1.